The van der Waals surface area contributed by atoms with Crippen molar-refractivity contribution in [2.24, 2.45) is 0 Å². The van der Waals surface area contributed by atoms with Crippen molar-refractivity contribution in [3.05, 3.63) is 53.4 Å². The third-order valence-corrected chi connectivity index (χ3v) is 8.54. The number of rotatable bonds is 4. The van der Waals surface area contributed by atoms with Crippen molar-refractivity contribution in [1.82, 2.24) is 24.6 Å². The largest absolute Gasteiger partial charge is 0.333 e. The summed E-state index contributed by atoms with van der Waals surface area (Å²) in [6.07, 6.45) is 0.653. The van der Waals surface area contributed by atoms with Crippen LogP contribution in [0.5, 0.6) is 0 Å². The molecule has 0 N–H and O–H groups in total. The number of nitrogens with zero attached hydrogens (tertiary/aromatic N) is 5. The van der Waals surface area contributed by atoms with Crippen LogP contribution in [0, 0.1) is 5.82 Å². The van der Waals surface area contributed by atoms with Crippen LogP contribution in [-0.4, -0.2) is 82.6 Å². The minimum Gasteiger partial charge on any atom is -0.333 e. The van der Waals surface area contributed by atoms with Crippen LogP contribution in [0.4, 0.5) is 4.39 Å². The van der Waals surface area contributed by atoms with Gasteiger partial charge in [0.1, 0.15) is 5.82 Å². The number of carbonyl (C=O) groups is 1. The number of sulfone groups is 1. The fraction of sp³-hybridized carbons (Fsp3) is 0.381. The Bertz CT molecular complexity index is 1230. The van der Waals surface area contributed by atoms with E-state index in [1.54, 1.807) is 17.0 Å². The van der Waals surface area contributed by atoms with Crippen LogP contribution in [-0.2, 0) is 9.84 Å². The number of hydrogen-bond acceptors (Lipinski definition) is 7. The quantitative estimate of drug-likeness (QED) is 0.574. The number of aromatic nitrogens is 3. The zero-order valence-corrected chi connectivity index (χ0v) is 18.9. The summed E-state index contributed by atoms with van der Waals surface area (Å²) in [4.78, 5) is 22.4. The lowest BCUT2D eigenvalue weighted by Gasteiger charge is -2.37. The molecule has 8 nitrogen and oxygen atoms in total. The third-order valence-electron chi connectivity index (χ3n) is 5.92. The maximum absolute atomic E-state index is 13.8. The number of halogens is 1. The molecule has 1 atom stereocenters. The van der Waals surface area contributed by atoms with Crippen molar-refractivity contribution in [1.29, 1.82) is 0 Å². The van der Waals surface area contributed by atoms with Gasteiger partial charge in [0.2, 0.25) is 5.82 Å². The lowest BCUT2D eigenvalue weighted by atomic mass is 10.2. The van der Waals surface area contributed by atoms with E-state index in [-0.39, 0.29) is 29.3 Å². The van der Waals surface area contributed by atoms with E-state index in [0.29, 0.717) is 44.1 Å². The number of amides is 1. The molecule has 3 aromatic rings. The van der Waals surface area contributed by atoms with Crippen LogP contribution in [0.25, 0.3) is 16.4 Å². The predicted octanol–water partition coefficient (Wildman–Crippen LogP) is 2.08. The van der Waals surface area contributed by atoms with E-state index < -0.39 is 15.7 Å². The van der Waals surface area contributed by atoms with Gasteiger partial charge in [-0.25, -0.2) is 22.5 Å². The normalized spacial score (nSPS) is 21.2. The van der Waals surface area contributed by atoms with E-state index in [0.717, 1.165) is 4.88 Å². The standard InChI is InChI=1S/C21H22FN5O3S2/c22-15-3-1-4-16(13-15)27-20(18-5-2-11-31-18)23-19(24-27)21(28)26-9-7-25(8-10-26)17-6-12-32(29,30)14-17/h1-5,11,13,17H,6-10,12,14H2. The number of hydrogen-bond donors (Lipinski definition) is 0. The van der Waals surface area contributed by atoms with E-state index in [9.17, 15) is 17.6 Å². The van der Waals surface area contributed by atoms with E-state index in [4.69, 9.17) is 0 Å². The van der Waals surface area contributed by atoms with Gasteiger partial charge in [-0.05, 0) is 36.1 Å². The highest BCUT2D eigenvalue weighted by Gasteiger charge is 2.35. The van der Waals surface area contributed by atoms with Crippen molar-refractivity contribution >= 4 is 27.1 Å². The van der Waals surface area contributed by atoms with Gasteiger partial charge in [-0.15, -0.1) is 16.4 Å². The first-order valence-corrected chi connectivity index (χ1v) is 13.1. The Labute approximate surface area is 189 Å². The summed E-state index contributed by atoms with van der Waals surface area (Å²) in [5.41, 5.74) is 0.493. The molecule has 2 fully saturated rings. The second kappa shape index (κ2) is 8.38. The van der Waals surface area contributed by atoms with Crippen LogP contribution in [0.1, 0.15) is 17.0 Å². The van der Waals surface area contributed by atoms with Crippen LogP contribution < -0.4 is 0 Å². The van der Waals surface area contributed by atoms with E-state index in [1.807, 2.05) is 17.5 Å². The maximum atomic E-state index is 13.8. The molecule has 2 aliphatic heterocycles. The summed E-state index contributed by atoms with van der Waals surface area (Å²) in [5.74, 6) is 0.317. The summed E-state index contributed by atoms with van der Waals surface area (Å²) < 4.78 is 38.9. The molecule has 0 radical (unpaired) electrons. The van der Waals surface area contributed by atoms with Crippen LogP contribution in [0.3, 0.4) is 0 Å². The summed E-state index contributed by atoms with van der Waals surface area (Å²) in [5, 5.41) is 6.34. The molecule has 1 aromatic carbocycles. The molecule has 32 heavy (non-hydrogen) atoms. The van der Waals surface area contributed by atoms with E-state index in [2.05, 4.69) is 15.0 Å². The Kier molecular flexibility index (Phi) is 5.56. The smallest absolute Gasteiger partial charge is 0.293 e. The molecule has 2 aliphatic rings. The topological polar surface area (TPSA) is 88.4 Å². The number of carbonyl (C=O) groups excluding carboxylic acids is 1. The minimum atomic E-state index is -2.94. The van der Waals surface area contributed by atoms with Crippen LogP contribution >= 0.6 is 11.3 Å². The summed E-state index contributed by atoms with van der Waals surface area (Å²) >= 11 is 1.47. The second-order valence-electron chi connectivity index (χ2n) is 8.01. The average molecular weight is 476 g/mol. The fourth-order valence-corrected chi connectivity index (χ4v) is 6.71. The number of piperazine rings is 1. The predicted molar refractivity (Wildman–Crippen MR) is 119 cm³/mol. The van der Waals surface area contributed by atoms with E-state index >= 15 is 0 Å². The van der Waals surface area contributed by atoms with Crippen molar-refractivity contribution in [3.63, 3.8) is 0 Å². The molecular weight excluding hydrogens is 453 g/mol. The monoisotopic (exact) mass is 475 g/mol. The maximum Gasteiger partial charge on any atom is 0.293 e. The van der Waals surface area contributed by atoms with Crippen molar-refractivity contribution in [3.8, 4) is 16.4 Å². The first-order chi connectivity index (χ1) is 15.4. The Morgan fingerprint density at radius 3 is 2.59 bits per heavy atom. The van der Waals surface area contributed by atoms with Gasteiger partial charge in [0.15, 0.2) is 15.7 Å². The van der Waals surface area contributed by atoms with Gasteiger partial charge in [-0.2, -0.15) is 0 Å². The molecule has 0 spiro atoms. The average Bonchev–Trinajstić information content (AvgIpc) is 3.52. The number of thiophene rings is 1. The molecule has 2 saturated heterocycles. The van der Waals surface area contributed by atoms with Gasteiger partial charge in [0.05, 0.1) is 22.1 Å². The first-order valence-electron chi connectivity index (χ1n) is 10.4. The molecule has 4 heterocycles. The third kappa shape index (κ3) is 4.19. The summed E-state index contributed by atoms with van der Waals surface area (Å²) in [6.45, 7) is 2.21. The lowest BCUT2D eigenvalue weighted by Crippen LogP contribution is -2.52. The molecule has 5 rings (SSSR count). The molecule has 2 aromatic heterocycles. The fourth-order valence-electron chi connectivity index (χ4n) is 4.25. The SMILES string of the molecule is O=C(c1nc(-c2cccs2)n(-c2cccc(F)c2)n1)N1CCN(C2CCS(=O)(=O)C2)CC1. The second-order valence-corrected chi connectivity index (χ2v) is 11.2. The number of benzene rings is 1. The molecule has 1 amide bonds. The molecule has 0 aliphatic carbocycles. The Balaban J connectivity index is 1.36. The summed E-state index contributed by atoms with van der Waals surface area (Å²) in [6, 6.07) is 9.82. The highest BCUT2D eigenvalue weighted by Crippen LogP contribution is 2.26. The van der Waals surface area contributed by atoms with Gasteiger partial charge in [-0.1, -0.05) is 12.1 Å². The van der Waals surface area contributed by atoms with Gasteiger partial charge in [-0.3, -0.25) is 9.69 Å². The minimum absolute atomic E-state index is 0.0352. The Morgan fingerprint density at radius 2 is 1.94 bits per heavy atom. The Hall–Kier alpha value is -2.63. The highest BCUT2D eigenvalue weighted by molar-refractivity contribution is 7.91. The van der Waals surface area contributed by atoms with Gasteiger partial charge < -0.3 is 4.90 Å². The molecule has 0 bridgehead atoms. The summed E-state index contributed by atoms with van der Waals surface area (Å²) in [7, 11) is -2.94. The lowest BCUT2D eigenvalue weighted by molar-refractivity contribution is 0.0576. The van der Waals surface area contributed by atoms with E-state index in [1.165, 1.54) is 28.2 Å². The molecule has 1 unspecified atom stereocenters. The van der Waals surface area contributed by atoms with Crippen LogP contribution in [0.15, 0.2) is 41.8 Å². The zero-order chi connectivity index (χ0) is 22.3. The van der Waals surface area contributed by atoms with Crippen molar-refractivity contribution in [2.75, 3.05) is 37.7 Å². The zero-order valence-electron chi connectivity index (χ0n) is 17.2. The first kappa shape index (κ1) is 21.2. The van der Waals surface area contributed by atoms with Gasteiger partial charge in [0, 0.05) is 32.2 Å². The molecule has 11 heteroatoms. The van der Waals surface area contributed by atoms with Gasteiger partial charge in [0.25, 0.3) is 5.91 Å². The Morgan fingerprint density at radius 1 is 1.12 bits per heavy atom. The van der Waals surface area contributed by atoms with Gasteiger partial charge >= 0.3 is 0 Å². The molecular formula is C21H22FN5O3S2. The molecule has 168 valence electrons. The van der Waals surface area contributed by atoms with Crippen molar-refractivity contribution in [2.45, 2.75) is 12.5 Å². The molecule has 0 saturated carbocycles. The van der Waals surface area contributed by atoms with Crippen LogP contribution in [0.2, 0.25) is 0 Å². The highest BCUT2D eigenvalue weighted by atomic mass is 32.2. The van der Waals surface area contributed by atoms with Crippen molar-refractivity contribution < 1.29 is 17.6 Å².